The Morgan fingerprint density at radius 3 is 2.45 bits per heavy atom. The van der Waals surface area contributed by atoms with Crippen molar-refractivity contribution in [3.63, 3.8) is 0 Å². The van der Waals surface area contributed by atoms with E-state index in [1.54, 1.807) is 0 Å². The second-order valence-electron chi connectivity index (χ2n) is 10.2. The number of fused-ring (bicyclic) bond motifs is 2. The average molecular weight is 439 g/mol. The Labute approximate surface area is 182 Å². The van der Waals surface area contributed by atoms with Gasteiger partial charge in [0.15, 0.2) is 17.5 Å². The van der Waals surface area contributed by atoms with E-state index in [-0.39, 0.29) is 5.60 Å². The first kappa shape index (κ1) is 22.4. The van der Waals surface area contributed by atoms with E-state index in [2.05, 4.69) is 24.5 Å². The summed E-state index contributed by atoms with van der Waals surface area (Å²) in [6, 6.07) is 1.12. The maximum absolute atomic E-state index is 14.0. The first-order valence-corrected chi connectivity index (χ1v) is 11.6. The molecule has 2 bridgehead atoms. The molecule has 2 saturated carbocycles. The first-order chi connectivity index (χ1) is 14.6. The molecule has 1 heterocycles. The fourth-order valence-corrected chi connectivity index (χ4v) is 6.38. The van der Waals surface area contributed by atoms with Crippen LogP contribution in [0.5, 0.6) is 0 Å². The molecule has 4 rings (SSSR count). The number of anilines is 1. The SMILES string of the molecule is CC1C[C@@]2(C3CCCCC3)C[C@@H](CC(C)(NC(=O)Nc3ccc(F)c(F)c3F)O2)C1C. The molecular formula is C24H33F3N2O2. The minimum absolute atomic E-state index is 0.259. The lowest BCUT2D eigenvalue weighted by molar-refractivity contribution is -0.262. The number of carbonyl (C=O) groups excluding carboxylic acids is 1. The number of amides is 2. The second kappa shape index (κ2) is 8.30. The van der Waals surface area contributed by atoms with Crippen LogP contribution in [0.25, 0.3) is 0 Å². The molecule has 2 aliphatic carbocycles. The molecule has 7 heteroatoms. The highest BCUT2D eigenvalue weighted by Crippen LogP contribution is 2.56. The van der Waals surface area contributed by atoms with Crippen LogP contribution in [-0.4, -0.2) is 17.4 Å². The smallest absolute Gasteiger partial charge is 0.321 e. The molecule has 1 aromatic rings. The zero-order valence-electron chi connectivity index (χ0n) is 18.6. The predicted molar refractivity (Wildman–Crippen MR) is 113 cm³/mol. The van der Waals surface area contributed by atoms with E-state index < -0.39 is 34.9 Å². The van der Waals surface area contributed by atoms with Crippen LogP contribution in [-0.2, 0) is 4.74 Å². The molecule has 3 fully saturated rings. The van der Waals surface area contributed by atoms with E-state index in [4.69, 9.17) is 4.74 Å². The molecule has 3 aliphatic rings. The normalized spacial score (nSPS) is 36.1. The van der Waals surface area contributed by atoms with Crippen molar-refractivity contribution in [2.75, 3.05) is 5.32 Å². The molecule has 0 spiro atoms. The van der Waals surface area contributed by atoms with Crippen LogP contribution in [0, 0.1) is 41.1 Å². The number of hydrogen-bond acceptors (Lipinski definition) is 2. The second-order valence-corrected chi connectivity index (χ2v) is 10.2. The summed E-state index contributed by atoms with van der Waals surface area (Å²) in [6.07, 6.45) is 8.65. The highest BCUT2D eigenvalue weighted by molar-refractivity contribution is 5.89. The third kappa shape index (κ3) is 4.30. The van der Waals surface area contributed by atoms with Gasteiger partial charge in [0.1, 0.15) is 5.72 Å². The van der Waals surface area contributed by atoms with Crippen molar-refractivity contribution >= 4 is 11.7 Å². The molecule has 4 nitrogen and oxygen atoms in total. The third-order valence-electron chi connectivity index (χ3n) is 8.01. The van der Waals surface area contributed by atoms with Gasteiger partial charge in [-0.15, -0.1) is 0 Å². The summed E-state index contributed by atoms with van der Waals surface area (Å²) < 4.78 is 47.5. The minimum Gasteiger partial charge on any atom is -0.349 e. The molecule has 2 amide bonds. The van der Waals surface area contributed by atoms with E-state index in [9.17, 15) is 18.0 Å². The van der Waals surface area contributed by atoms with Crippen LogP contribution in [0.1, 0.15) is 72.1 Å². The van der Waals surface area contributed by atoms with Crippen LogP contribution in [0.2, 0.25) is 0 Å². The molecule has 1 aromatic carbocycles. The number of urea groups is 1. The van der Waals surface area contributed by atoms with Crippen molar-refractivity contribution in [2.45, 2.75) is 83.5 Å². The maximum Gasteiger partial charge on any atom is 0.321 e. The minimum atomic E-state index is -1.61. The Morgan fingerprint density at radius 1 is 1.03 bits per heavy atom. The zero-order valence-corrected chi connectivity index (χ0v) is 18.6. The summed E-state index contributed by atoms with van der Waals surface area (Å²) in [7, 11) is 0. The lowest BCUT2D eigenvalue weighted by Gasteiger charge is -2.59. The van der Waals surface area contributed by atoms with Crippen LogP contribution < -0.4 is 10.6 Å². The van der Waals surface area contributed by atoms with Crippen molar-refractivity contribution in [3.8, 4) is 0 Å². The Hall–Kier alpha value is -1.76. The predicted octanol–water partition coefficient (Wildman–Crippen LogP) is 6.36. The Morgan fingerprint density at radius 2 is 1.74 bits per heavy atom. The molecule has 3 unspecified atom stereocenters. The third-order valence-corrected chi connectivity index (χ3v) is 8.01. The number of rotatable bonds is 3. The summed E-state index contributed by atoms with van der Waals surface area (Å²) in [5.41, 5.74) is -1.57. The number of benzene rings is 1. The van der Waals surface area contributed by atoms with Crippen molar-refractivity contribution < 1.29 is 22.7 Å². The van der Waals surface area contributed by atoms with Gasteiger partial charge < -0.3 is 15.4 Å². The number of ether oxygens (including phenoxy) is 1. The molecule has 2 N–H and O–H groups in total. The summed E-state index contributed by atoms with van der Waals surface area (Å²) in [5, 5.41) is 5.19. The molecule has 31 heavy (non-hydrogen) atoms. The summed E-state index contributed by atoms with van der Waals surface area (Å²) in [6.45, 7) is 6.45. The first-order valence-electron chi connectivity index (χ1n) is 11.6. The largest absolute Gasteiger partial charge is 0.349 e. The fourth-order valence-electron chi connectivity index (χ4n) is 6.38. The average Bonchev–Trinajstić information content (AvgIpc) is 2.72. The molecule has 1 saturated heterocycles. The highest BCUT2D eigenvalue weighted by atomic mass is 19.2. The van der Waals surface area contributed by atoms with E-state index in [1.807, 2.05) is 6.92 Å². The molecule has 172 valence electrons. The Balaban J connectivity index is 1.53. The van der Waals surface area contributed by atoms with Crippen molar-refractivity contribution in [3.05, 3.63) is 29.6 Å². The van der Waals surface area contributed by atoms with Gasteiger partial charge in [0.25, 0.3) is 0 Å². The molecule has 1 aliphatic heterocycles. The topological polar surface area (TPSA) is 50.4 Å². The monoisotopic (exact) mass is 438 g/mol. The van der Waals surface area contributed by atoms with Crippen LogP contribution in [0.15, 0.2) is 12.1 Å². The van der Waals surface area contributed by atoms with Crippen molar-refractivity contribution in [1.29, 1.82) is 0 Å². The van der Waals surface area contributed by atoms with E-state index in [0.717, 1.165) is 37.8 Å². The van der Waals surface area contributed by atoms with Crippen LogP contribution in [0.4, 0.5) is 23.7 Å². The quantitative estimate of drug-likeness (QED) is 0.539. The van der Waals surface area contributed by atoms with Crippen LogP contribution in [0.3, 0.4) is 0 Å². The maximum atomic E-state index is 14.0. The highest BCUT2D eigenvalue weighted by Gasteiger charge is 2.56. The van der Waals surface area contributed by atoms with E-state index in [0.29, 0.717) is 30.1 Å². The molecular weight excluding hydrogens is 405 g/mol. The number of hydrogen-bond donors (Lipinski definition) is 2. The van der Waals surface area contributed by atoms with Crippen molar-refractivity contribution in [1.82, 2.24) is 5.32 Å². The number of nitrogens with one attached hydrogen (secondary N) is 2. The van der Waals surface area contributed by atoms with Gasteiger partial charge in [-0.2, -0.15) is 0 Å². The van der Waals surface area contributed by atoms with E-state index in [1.165, 1.54) is 19.3 Å². The summed E-state index contributed by atoms with van der Waals surface area (Å²) >= 11 is 0. The van der Waals surface area contributed by atoms with Gasteiger partial charge in [-0.1, -0.05) is 33.1 Å². The van der Waals surface area contributed by atoms with Gasteiger partial charge >= 0.3 is 6.03 Å². The van der Waals surface area contributed by atoms with Gasteiger partial charge in [-0.25, -0.2) is 18.0 Å². The van der Waals surface area contributed by atoms with Crippen LogP contribution >= 0.6 is 0 Å². The summed E-state index contributed by atoms with van der Waals surface area (Å²) in [4.78, 5) is 12.7. The standard InChI is InChI=1S/C24H33F3N2O2/c1-14-11-24(17-7-5-4-6-8-17)13-16(15(14)2)12-23(3,31-24)29-22(30)28-19-10-9-18(25)20(26)21(19)27/h9-10,14-17H,4-8,11-13H2,1-3H3,(H2,28,29,30)/t14?,15?,16-,23?,24+/m1/s1. The fraction of sp³-hybridized carbons (Fsp3) is 0.708. The van der Waals surface area contributed by atoms with Gasteiger partial charge in [-0.3, -0.25) is 0 Å². The lowest BCUT2D eigenvalue weighted by atomic mass is 9.58. The summed E-state index contributed by atoms with van der Waals surface area (Å²) in [5.74, 6) is -2.34. The number of carbonyl (C=O) groups is 1. The van der Waals surface area contributed by atoms with Gasteiger partial charge in [-0.05, 0) is 74.8 Å². The van der Waals surface area contributed by atoms with Gasteiger partial charge in [0.05, 0.1) is 11.3 Å². The van der Waals surface area contributed by atoms with Gasteiger partial charge in [0.2, 0.25) is 0 Å². The Bertz CT molecular complexity index is 840. The number of halogens is 3. The van der Waals surface area contributed by atoms with E-state index >= 15 is 0 Å². The lowest BCUT2D eigenvalue weighted by Crippen LogP contribution is -2.65. The molecule has 0 radical (unpaired) electrons. The molecule has 0 aromatic heterocycles. The molecule has 5 atom stereocenters. The van der Waals surface area contributed by atoms with Crippen molar-refractivity contribution in [2.24, 2.45) is 23.7 Å². The van der Waals surface area contributed by atoms with Gasteiger partial charge in [0, 0.05) is 0 Å². The zero-order chi connectivity index (χ0) is 22.4. The Kier molecular flexibility index (Phi) is 6.01.